The molecule has 0 aromatic heterocycles. The van der Waals surface area contributed by atoms with Gasteiger partial charge in [0.2, 0.25) is 10.0 Å². The van der Waals surface area contributed by atoms with Crippen molar-refractivity contribution in [1.29, 1.82) is 0 Å². The number of ether oxygens (including phenoxy) is 2. The molecule has 2 atom stereocenters. The molecule has 0 saturated carbocycles. The lowest BCUT2D eigenvalue weighted by Crippen LogP contribution is -2.54. The Labute approximate surface area is 170 Å². The van der Waals surface area contributed by atoms with E-state index < -0.39 is 22.0 Å². The predicted molar refractivity (Wildman–Crippen MR) is 105 cm³/mol. The summed E-state index contributed by atoms with van der Waals surface area (Å²) in [5, 5.41) is 9.01. The number of rotatable bonds is 7. The second kappa shape index (κ2) is 9.36. The first-order chi connectivity index (χ1) is 14.0. The monoisotopic (exact) mass is 420 g/mol. The van der Waals surface area contributed by atoms with Crippen LogP contribution in [0, 0.1) is 0 Å². The Hall–Kier alpha value is -2.46. The third kappa shape index (κ3) is 4.94. The lowest BCUT2D eigenvalue weighted by atomic mass is 10.0. The number of methoxy groups -OCH3 is 1. The van der Waals surface area contributed by atoms with E-state index in [0.717, 1.165) is 9.87 Å². The van der Waals surface area contributed by atoms with Crippen molar-refractivity contribution >= 4 is 15.9 Å². The molecule has 2 N–H and O–H groups in total. The van der Waals surface area contributed by atoms with Crippen molar-refractivity contribution in [3.8, 4) is 5.75 Å². The van der Waals surface area contributed by atoms with Crippen molar-refractivity contribution < 1.29 is 27.9 Å². The molecular weight excluding hydrogens is 396 g/mol. The maximum Gasteiger partial charge on any atom is 0.261 e. The molecule has 1 heterocycles. The Balaban J connectivity index is 1.74. The normalized spacial score (nSPS) is 20.2. The zero-order valence-corrected chi connectivity index (χ0v) is 16.8. The van der Waals surface area contributed by atoms with E-state index in [0.29, 0.717) is 18.8 Å². The van der Waals surface area contributed by atoms with Gasteiger partial charge in [-0.15, -0.1) is 0 Å². The number of amides is 1. The number of carbonyl (C=O) groups is 1. The summed E-state index contributed by atoms with van der Waals surface area (Å²) in [4.78, 5) is 12.1. The van der Waals surface area contributed by atoms with E-state index in [9.17, 15) is 13.2 Å². The molecule has 1 aliphatic rings. The van der Waals surface area contributed by atoms with Crippen molar-refractivity contribution in [1.82, 2.24) is 9.79 Å². The largest absolute Gasteiger partial charge is 0.489 e. The topological polar surface area (TPSA) is 105 Å². The van der Waals surface area contributed by atoms with E-state index in [1.54, 1.807) is 17.6 Å². The second-order valence-corrected chi connectivity index (χ2v) is 8.63. The van der Waals surface area contributed by atoms with E-state index in [2.05, 4.69) is 0 Å². The van der Waals surface area contributed by atoms with Gasteiger partial charge in [0.15, 0.2) is 0 Å². The van der Waals surface area contributed by atoms with E-state index in [4.69, 9.17) is 14.7 Å². The van der Waals surface area contributed by atoms with Gasteiger partial charge < -0.3 is 9.47 Å². The van der Waals surface area contributed by atoms with Gasteiger partial charge in [0.25, 0.3) is 5.91 Å². The van der Waals surface area contributed by atoms with Gasteiger partial charge >= 0.3 is 0 Å². The molecule has 9 heteroatoms. The minimum absolute atomic E-state index is 0.0520. The van der Waals surface area contributed by atoms with Crippen molar-refractivity contribution in [2.75, 3.05) is 13.7 Å². The van der Waals surface area contributed by atoms with Crippen LogP contribution in [0.25, 0.3) is 0 Å². The summed E-state index contributed by atoms with van der Waals surface area (Å²) in [6.45, 7) is 0.487. The Bertz CT molecular complexity index is 918. The summed E-state index contributed by atoms with van der Waals surface area (Å²) in [5.74, 6) is -0.242. The van der Waals surface area contributed by atoms with Crippen LogP contribution in [0.5, 0.6) is 5.75 Å². The Kier molecular flexibility index (Phi) is 6.86. The summed E-state index contributed by atoms with van der Waals surface area (Å²) < 4.78 is 38.2. The molecule has 29 heavy (non-hydrogen) atoms. The number of sulfonamides is 1. The van der Waals surface area contributed by atoms with Gasteiger partial charge in [0.1, 0.15) is 18.4 Å². The number of hydrogen-bond acceptors (Lipinski definition) is 6. The van der Waals surface area contributed by atoms with Gasteiger partial charge in [-0.3, -0.25) is 10.0 Å². The molecule has 8 nitrogen and oxygen atoms in total. The summed E-state index contributed by atoms with van der Waals surface area (Å²) >= 11 is 0. The van der Waals surface area contributed by atoms with Crippen LogP contribution in [0.4, 0.5) is 0 Å². The molecule has 156 valence electrons. The average Bonchev–Trinajstić information content (AvgIpc) is 2.77. The van der Waals surface area contributed by atoms with Crippen LogP contribution >= 0.6 is 0 Å². The molecule has 1 amide bonds. The van der Waals surface area contributed by atoms with E-state index in [1.165, 1.54) is 19.2 Å². The zero-order chi connectivity index (χ0) is 20.9. The quantitative estimate of drug-likeness (QED) is 0.524. The number of benzene rings is 2. The maximum absolute atomic E-state index is 13.1. The van der Waals surface area contributed by atoms with Gasteiger partial charge in [-0.1, -0.05) is 30.3 Å². The number of nitrogens with one attached hydrogen (secondary N) is 1. The molecule has 0 bridgehead atoms. The first-order valence-electron chi connectivity index (χ1n) is 9.21. The first kappa shape index (κ1) is 21.3. The molecule has 2 aromatic carbocycles. The average molecular weight is 420 g/mol. The van der Waals surface area contributed by atoms with Crippen molar-refractivity contribution in [3.63, 3.8) is 0 Å². The third-order valence-corrected chi connectivity index (χ3v) is 6.85. The second-order valence-electron chi connectivity index (χ2n) is 6.74. The van der Waals surface area contributed by atoms with Crippen molar-refractivity contribution in [2.45, 2.75) is 36.5 Å². The fourth-order valence-corrected chi connectivity index (χ4v) is 4.92. The minimum Gasteiger partial charge on any atom is -0.489 e. The Morgan fingerprint density at radius 2 is 1.86 bits per heavy atom. The van der Waals surface area contributed by atoms with E-state index in [1.807, 2.05) is 30.3 Å². The van der Waals surface area contributed by atoms with Crippen LogP contribution in [0.2, 0.25) is 0 Å². The van der Waals surface area contributed by atoms with Gasteiger partial charge in [0.05, 0.1) is 11.0 Å². The zero-order valence-electron chi connectivity index (χ0n) is 16.0. The highest BCUT2D eigenvalue weighted by Gasteiger charge is 2.40. The van der Waals surface area contributed by atoms with Gasteiger partial charge in [-0.05, 0) is 42.7 Å². The Morgan fingerprint density at radius 1 is 1.17 bits per heavy atom. The van der Waals surface area contributed by atoms with Crippen LogP contribution in [0.1, 0.15) is 18.4 Å². The fraction of sp³-hybridized carbons (Fsp3) is 0.350. The number of hydroxylamine groups is 1. The lowest BCUT2D eigenvalue weighted by molar-refractivity contribution is -0.135. The van der Waals surface area contributed by atoms with Crippen LogP contribution in [0.15, 0.2) is 59.5 Å². The molecule has 1 aliphatic heterocycles. The molecule has 0 radical (unpaired) electrons. The van der Waals surface area contributed by atoms with E-state index in [-0.39, 0.29) is 24.0 Å². The van der Waals surface area contributed by atoms with Crippen LogP contribution in [-0.4, -0.2) is 49.6 Å². The van der Waals surface area contributed by atoms with Gasteiger partial charge in [-0.25, -0.2) is 13.9 Å². The molecule has 2 unspecified atom stereocenters. The number of nitrogens with zero attached hydrogens (tertiary/aromatic N) is 1. The SMILES string of the molecule is COC1CCN(S(=O)(=O)c2ccc(OCc3ccccc3)cc2)C(C(=O)NO)C1. The van der Waals surface area contributed by atoms with Crippen LogP contribution in [-0.2, 0) is 26.2 Å². The highest BCUT2D eigenvalue weighted by Crippen LogP contribution is 2.28. The standard InChI is InChI=1S/C20H24N2O6S/c1-27-17-11-12-22(19(13-17)20(23)21-24)29(25,26)18-9-7-16(8-10-18)28-14-15-5-3-2-4-6-15/h2-10,17,19,24H,11-14H2,1H3,(H,21,23). The third-order valence-electron chi connectivity index (χ3n) is 4.93. The molecule has 2 aromatic rings. The summed E-state index contributed by atoms with van der Waals surface area (Å²) in [6.07, 6.45) is 0.376. The minimum atomic E-state index is -3.93. The molecule has 3 rings (SSSR count). The highest BCUT2D eigenvalue weighted by molar-refractivity contribution is 7.89. The predicted octanol–water partition coefficient (Wildman–Crippen LogP) is 1.94. The molecule has 1 saturated heterocycles. The number of hydrogen-bond donors (Lipinski definition) is 2. The maximum atomic E-state index is 13.1. The molecule has 0 spiro atoms. The molecule has 0 aliphatic carbocycles. The van der Waals surface area contributed by atoms with Crippen LogP contribution in [0.3, 0.4) is 0 Å². The summed E-state index contributed by atoms with van der Waals surface area (Å²) in [6, 6.07) is 14.7. The smallest absolute Gasteiger partial charge is 0.261 e. The highest BCUT2D eigenvalue weighted by atomic mass is 32.2. The molecule has 1 fully saturated rings. The Morgan fingerprint density at radius 3 is 2.48 bits per heavy atom. The lowest BCUT2D eigenvalue weighted by Gasteiger charge is -2.36. The number of carbonyl (C=O) groups excluding carboxylic acids is 1. The summed E-state index contributed by atoms with van der Waals surface area (Å²) in [5.41, 5.74) is 2.56. The van der Waals surface area contributed by atoms with Gasteiger partial charge in [-0.2, -0.15) is 4.31 Å². The van der Waals surface area contributed by atoms with Gasteiger partial charge in [0, 0.05) is 13.7 Å². The van der Waals surface area contributed by atoms with E-state index >= 15 is 0 Å². The fourth-order valence-electron chi connectivity index (χ4n) is 3.31. The molecular formula is C20H24N2O6S. The van der Waals surface area contributed by atoms with Crippen LogP contribution < -0.4 is 10.2 Å². The van der Waals surface area contributed by atoms with Crippen molar-refractivity contribution in [2.24, 2.45) is 0 Å². The number of piperidine rings is 1. The first-order valence-corrected chi connectivity index (χ1v) is 10.6. The van der Waals surface area contributed by atoms with Crippen molar-refractivity contribution in [3.05, 3.63) is 60.2 Å². The summed E-state index contributed by atoms with van der Waals surface area (Å²) in [7, 11) is -2.42.